The zero-order valence-electron chi connectivity index (χ0n) is 40.3. The molecule has 0 saturated carbocycles. The molecular weight excluding hydrogens is 863 g/mol. The number of hydrogen-bond donors (Lipinski definition) is 3. The number of amides is 3. The number of esters is 1. The van der Waals surface area contributed by atoms with Crippen LogP contribution in [0.1, 0.15) is 93.4 Å². The number of fused-ring (bicyclic) bond motifs is 6. The summed E-state index contributed by atoms with van der Waals surface area (Å²) in [4.78, 5) is 79.3. The Kier molecular flexibility index (Phi) is 14.9. The van der Waals surface area contributed by atoms with Crippen LogP contribution in [0.15, 0.2) is 85.7 Å². The number of hydrogen-bond acceptors (Lipinski definition) is 11. The third-order valence-corrected chi connectivity index (χ3v) is 13.0. The van der Waals surface area contributed by atoms with Crippen molar-refractivity contribution in [2.45, 2.75) is 104 Å². The Balaban J connectivity index is 1.30. The number of nitrogens with one attached hydrogen (secondary N) is 2. The highest BCUT2D eigenvalue weighted by molar-refractivity contribution is 5.98. The van der Waals surface area contributed by atoms with Crippen LogP contribution in [0, 0.1) is 11.3 Å². The van der Waals surface area contributed by atoms with Crippen LogP contribution in [-0.2, 0) is 54.5 Å². The number of aromatic nitrogens is 3. The highest BCUT2D eigenvalue weighted by atomic mass is 16.5. The van der Waals surface area contributed by atoms with Gasteiger partial charge in [0.05, 0.1) is 24.1 Å². The lowest BCUT2D eigenvalue weighted by atomic mass is 9.84. The number of phenolic OH excluding ortho intramolecular Hbond substituents is 1. The summed E-state index contributed by atoms with van der Waals surface area (Å²) in [5.74, 6) is -2.71. The minimum Gasteiger partial charge on any atom is -0.508 e. The summed E-state index contributed by atoms with van der Waals surface area (Å²) < 4.78 is 14.2. The fourth-order valence-electron chi connectivity index (χ4n) is 9.49. The molecule has 15 heteroatoms. The first kappa shape index (κ1) is 49.2. The number of ketones is 1. The summed E-state index contributed by atoms with van der Waals surface area (Å²) >= 11 is 0. The SMILES string of the molecule is C=CC(=O)Cc1ccc(C(=O)N(C)[C@H](C(=O)N[C@H]2Cc3cc(O)cc(c3)-c3ccc4c(c3)c(c(-c3cccnc3[C@H](C)OC)n4CC)CC(C)(C)COC(=O)[C@@H]3CCCN(N3)C2=O)C(C)C)nc1. The minimum absolute atomic E-state index is 0.0251. The number of carbonyl (C=O) groups excluding carboxylic acids is 5. The molecule has 15 nitrogen and oxygen atoms in total. The van der Waals surface area contributed by atoms with Crippen molar-refractivity contribution in [3.05, 3.63) is 114 Å². The molecule has 0 radical (unpaired) electrons. The number of hydrazine groups is 1. The van der Waals surface area contributed by atoms with Crippen molar-refractivity contribution in [1.29, 1.82) is 0 Å². The van der Waals surface area contributed by atoms with Gasteiger partial charge in [0.25, 0.3) is 11.8 Å². The normalized spacial score (nSPS) is 18.3. The van der Waals surface area contributed by atoms with Gasteiger partial charge in [0.1, 0.15) is 29.6 Å². The van der Waals surface area contributed by atoms with Crippen LogP contribution in [0.3, 0.4) is 0 Å². The lowest BCUT2D eigenvalue weighted by molar-refractivity contribution is -0.155. The second-order valence-corrected chi connectivity index (χ2v) is 19.0. The van der Waals surface area contributed by atoms with Gasteiger partial charge in [-0.3, -0.25) is 38.9 Å². The van der Waals surface area contributed by atoms with Crippen molar-refractivity contribution in [2.75, 3.05) is 27.3 Å². The minimum atomic E-state index is -1.19. The van der Waals surface area contributed by atoms with Gasteiger partial charge in [0, 0.05) is 74.4 Å². The van der Waals surface area contributed by atoms with Gasteiger partial charge in [-0.1, -0.05) is 52.5 Å². The maximum absolute atomic E-state index is 14.7. The summed E-state index contributed by atoms with van der Waals surface area (Å²) in [6, 6.07) is 15.5. The van der Waals surface area contributed by atoms with Gasteiger partial charge in [-0.2, -0.15) is 0 Å². The number of aromatic hydroxyl groups is 1. The molecule has 5 heterocycles. The summed E-state index contributed by atoms with van der Waals surface area (Å²) in [6.45, 7) is 16.3. The van der Waals surface area contributed by atoms with Crippen molar-refractivity contribution in [3.63, 3.8) is 0 Å². The van der Waals surface area contributed by atoms with Gasteiger partial charge < -0.3 is 29.4 Å². The van der Waals surface area contributed by atoms with E-state index < -0.39 is 53.1 Å². The molecule has 7 rings (SSSR count). The van der Waals surface area contributed by atoms with Crippen LogP contribution in [-0.4, -0.2) is 104 Å². The molecule has 2 aliphatic rings. The molecule has 4 atom stereocenters. The van der Waals surface area contributed by atoms with Crippen LogP contribution < -0.4 is 10.7 Å². The number of likely N-dealkylation sites (N-methyl/N-ethyl adjacent to an activating group) is 1. The molecule has 3 N–H and O–H groups in total. The molecule has 3 amide bonds. The summed E-state index contributed by atoms with van der Waals surface area (Å²) in [5, 5.41) is 16.7. The van der Waals surface area contributed by atoms with Crippen LogP contribution in [0.4, 0.5) is 0 Å². The molecule has 2 aliphatic heterocycles. The van der Waals surface area contributed by atoms with Crippen LogP contribution in [0.5, 0.6) is 5.75 Å². The van der Waals surface area contributed by atoms with Gasteiger partial charge in [-0.25, -0.2) is 5.43 Å². The molecular formula is C53H63N7O8. The van der Waals surface area contributed by atoms with E-state index in [0.29, 0.717) is 42.5 Å². The summed E-state index contributed by atoms with van der Waals surface area (Å²) in [7, 11) is 3.18. The van der Waals surface area contributed by atoms with Crippen molar-refractivity contribution >= 4 is 40.4 Å². The molecule has 5 aromatic rings. The Hall–Kier alpha value is -6.71. The number of phenols is 1. The molecule has 2 aromatic carbocycles. The highest BCUT2D eigenvalue weighted by Gasteiger charge is 2.38. The third-order valence-electron chi connectivity index (χ3n) is 13.0. The Morgan fingerprint density at radius 3 is 2.54 bits per heavy atom. The first-order chi connectivity index (χ1) is 32.4. The highest BCUT2D eigenvalue weighted by Crippen LogP contribution is 2.42. The van der Waals surface area contributed by atoms with Crippen LogP contribution >= 0.6 is 0 Å². The topological polar surface area (TPSA) is 185 Å². The molecule has 68 heavy (non-hydrogen) atoms. The Labute approximate surface area is 397 Å². The predicted octanol–water partition coefficient (Wildman–Crippen LogP) is 6.94. The lowest BCUT2D eigenvalue weighted by Crippen LogP contribution is -2.62. The number of methoxy groups -OCH3 is 1. The van der Waals surface area contributed by atoms with E-state index in [2.05, 4.69) is 65.8 Å². The number of allylic oxidation sites excluding steroid dienone is 1. The zero-order chi connectivity index (χ0) is 49.0. The van der Waals surface area contributed by atoms with Gasteiger partial charge in [0.15, 0.2) is 5.78 Å². The molecule has 1 fully saturated rings. The van der Waals surface area contributed by atoms with E-state index in [-0.39, 0.29) is 49.3 Å². The molecule has 0 aliphatic carbocycles. The number of carbonyl (C=O) groups is 5. The van der Waals surface area contributed by atoms with Crippen molar-refractivity contribution in [3.8, 4) is 28.1 Å². The largest absolute Gasteiger partial charge is 0.508 e. The molecule has 3 aromatic heterocycles. The van der Waals surface area contributed by atoms with E-state index in [1.54, 1.807) is 45.4 Å². The first-order valence-electron chi connectivity index (χ1n) is 23.3. The monoisotopic (exact) mass is 925 g/mol. The smallest absolute Gasteiger partial charge is 0.324 e. The molecule has 0 spiro atoms. The Bertz CT molecular complexity index is 2730. The number of ether oxygens (including phenoxy) is 2. The lowest BCUT2D eigenvalue weighted by Gasteiger charge is -2.36. The van der Waals surface area contributed by atoms with Crippen molar-refractivity contribution in [2.24, 2.45) is 11.3 Å². The van der Waals surface area contributed by atoms with E-state index in [1.165, 1.54) is 35.3 Å². The fourth-order valence-corrected chi connectivity index (χ4v) is 9.49. The van der Waals surface area contributed by atoms with E-state index in [9.17, 15) is 29.1 Å². The van der Waals surface area contributed by atoms with E-state index in [1.807, 2.05) is 25.1 Å². The Morgan fingerprint density at radius 2 is 1.85 bits per heavy atom. The van der Waals surface area contributed by atoms with E-state index in [0.717, 1.165) is 39.0 Å². The summed E-state index contributed by atoms with van der Waals surface area (Å²) in [6.07, 6.45) is 5.66. The maximum Gasteiger partial charge on any atom is 0.324 e. The maximum atomic E-state index is 14.7. The van der Waals surface area contributed by atoms with E-state index in [4.69, 9.17) is 14.5 Å². The van der Waals surface area contributed by atoms with Crippen LogP contribution in [0.25, 0.3) is 33.3 Å². The second-order valence-electron chi connectivity index (χ2n) is 19.0. The fraction of sp³-hybridized carbons (Fsp3) is 0.415. The second kappa shape index (κ2) is 20.7. The van der Waals surface area contributed by atoms with Crippen molar-refractivity contribution < 1.29 is 38.6 Å². The van der Waals surface area contributed by atoms with E-state index >= 15 is 0 Å². The molecule has 0 unspecified atom stereocenters. The van der Waals surface area contributed by atoms with Gasteiger partial charge >= 0.3 is 5.97 Å². The predicted molar refractivity (Wildman–Crippen MR) is 259 cm³/mol. The standard InChI is InChI=1S/C53H63N7O8/c1-10-37(61)23-33-16-18-42(55-29-33)50(64)58(8)47(31(3)4)49(63)56-44-25-34-22-36(26-38(62)24-34)35-17-19-45-40(27-35)41(48(59(45)11-2)39-14-12-20-54-46(39)32(5)67-9)28-53(6,7)30-68-52(66)43-15-13-21-60(57-43)51(44)65/h10,12,14,16-20,22,24,26-27,29,31-32,43-44,47,57,62H,1,11,13,15,21,23,25,28,30H2,2-9H3,(H,56,63)/t32-,43-,44-,47-/m0/s1. The van der Waals surface area contributed by atoms with Gasteiger partial charge in [-0.15, -0.1) is 0 Å². The molecule has 358 valence electrons. The Morgan fingerprint density at radius 1 is 1.07 bits per heavy atom. The quantitative estimate of drug-likeness (QED) is 0.0870. The van der Waals surface area contributed by atoms with Gasteiger partial charge in [-0.05, 0) is 115 Å². The summed E-state index contributed by atoms with van der Waals surface area (Å²) in [5.41, 5.74) is 10.1. The molecule has 1 saturated heterocycles. The number of aryl methyl sites for hydroxylation is 1. The van der Waals surface area contributed by atoms with Crippen LogP contribution in [0.2, 0.25) is 0 Å². The number of rotatable bonds is 12. The number of benzene rings is 2. The number of pyridine rings is 2. The zero-order valence-corrected chi connectivity index (χ0v) is 40.3. The third kappa shape index (κ3) is 10.5. The number of cyclic esters (lactones) is 1. The molecule has 6 bridgehead atoms. The van der Waals surface area contributed by atoms with Gasteiger partial charge in [0.2, 0.25) is 5.91 Å². The average Bonchev–Trinajstić information content (AvgIpc) is 3.63. The number of nitrogens with zero attached hydrogens (tertiary/aromatic N) is 5. The average molecular weight is 926 g/mol. The van der Waals surface area contributed by atoms with Crippen molar-refractivity contribution in [1.82, 2.24) is 35.2 Å². The first-order valence-corrected chi connectivity index (χ1v) is 23.3.